The molecule has 1 N–H and O–H groups in total. The number of anilines is 1. The highest BCUT2D eigenvalue weighted by molar-refractivity contribution is 7.27. The Bertz CT molecular complexity index is 470. The molecule has 110 valence electrons. The quantitative estimate of drug-likeness (QED) is 0.864. The van der Waals surface area contributed by atoms with Crippen LogP contribution in [0.2, 0.25) is 0 Å². The van der Waals surface area contributed by atoms with Crippen LogP contribution in [0.5, 0.6) is 0 Å². The van der Waals surface area contributed by atoms with Gasteiger partial charge in [-0.2, -0.15) is 0 Å². The van der Waals surface area contributed by atoms with E-state index in [4.69, 9.17) is 0 Å². The highest BCUT2D eigenvalue weighted by Crippen LogP contribution is 2.17. The van der Waals surface area contributed by atoms with Crippen LogP contribution in [0.3, 0.4) is 0 Å². The van der Waals surface area contributed by atoms with E-state index in [0.29, 0.717) is 12.6 Å². The van der Waals surface area contributed by atoms with Crippen molar-refractivity contribution in [2.45, 2.75) is 45.1 Å². The normalized spacial score (nSPS) is 16.1. The predicted molar refractivity (Wildman–Crippen MR) is 88.8 cm³/mol. The molecule has 2 rings (SSSR count). The number of nitrogens with one attached hydrogen (secondary N) is 1. The number of hydrogen-bond acceptors (Lipinski definition) is 2. The highest BCUT2D eigenvalue weighted by Gasteiger charge is 2.16. The minimum absolute atomic E-state index is 0.129. The van der Waals surface area contributed by atoms with Crippen LogP contribution in [0.1, 0.15) is 37.7 Å². The molecule has 0 bridgehead atoms. The summed E-state index contributed by atoms with van der Waals surface area (Å²) in [5.74, 6) is 0.129. The first kappa shape index (κ1) is 15.5. The lowest BCUT2D eigenvalue weighted by molar-refractivity contribution is -0.117. The average Bonchev–Trinajstić information content (AvgIpc) is 2.48. The average molecular weight is 292 g/mol. The number of hydrogen-bond donors (Lipinski definition) is 1. The van der Waals surface area contributed by atoms with E-state index in [1.807, 2.05) is 19.2 Å². The summed E-state index contributed by atoms with van der Waals surface area (Å²) in [7, 11) is 4.56. The van der Waals surface area contributed by atoms with E-state index < -0.39 is 0 Å². The highest BCUT2D eigenvalue weighted by atomic mass is 31.0. The Kier molecular flexibility index (Phi) is 5.56. The van der Waals surface area contributed by atoms with E-state index in [0.717, 1.165) is 11.0 Å². The summed E-state index contributed by atoms with van der Waals surface area (Å²) in [5, 5.41) is 4.54. The van der Waals surface area contributed by atoms with Gasteiger partial charge in [0, 0.05) is 18.8 Å². The van der Waals surface area contributed by atoms with Crippen molar-refractivity contribution >= 4 is 26.1 Å². The van der Waals surface area contributed by atoms with Crippen molar-refractivity contribution in [1.82, 2.24) is 5.32 Å². The lowest BCUT2D eigenvalue weighted by atomic mass is 9.95. The van der Waals surface area contributed by atoms with Gasteiger partial charge in [-0.15, -0.1) is 9.24 Å². The van der Waals surface area contributed by atoms with Gasteiger partial charge < -0.3 is 10.2 Å². The van der Waals surface area contributed by atoms with Crippen molar-refractivity contribution in [3.63, 3.8) is 0 Å². The van der Waals surface area contributed by atoms with Crippen molar-refractivity contribution in [3.8, 4) is 0 Å². The molecule has 1 aromatic carbocycles. The number of likely N-dealkylation sites (N-methyl/N-ethyl adjacent to an activating group) is 1. The van der Waals surface area contributed by atoms with Gasteiger partial charge >= 0.3 is 0 Å². The van der Waals surface area contributed by atoms with E-state index in [2.05, 4.69) is 27.5 Å². The van der Waals surface area contributed by atoms with E-state index >= 15 is 0 Å². The second kappa shape index (κ2) is 7.19. The molecule has 1 aliphatic carbocycles. The van der Waals surface area contributed by atoms with Crippen molar-refractivity contribution in [2.24, 2.45) is 0 Å². The fourth-order valence-corrected chi connectivity index (χ4v) is 2.90. The van der Waals surface area contributed by atoms with Crippen LogP contribution in [0, 0.1) is 6.92 Å². The number of benzene rings is 1. The number of rotatable bonds is 4. The molecule has 4 heteroatoms. The van der Waals surface area contributed by atoms with Crippen LogP contribution in [0.4, 0.5) is 5.69 Å². The molecular weight excluding hydrogens is 267 g/mol. The summed E-state index contributed by atoms with van der Waals surface area (Å²) in [6, 6.07) is 6.62. The zero-order valence-corrected chi connectivity index (χ0v) is 13.6. The lowest BCUT2D eigenvalue weighted by Crippen LogP contribution is -2.41. The Labute approximate surface area is 124 Å². The van der Waals surface area contributed by atoms with Crippen LogP contribution in [-0.4, -0.2) is 25.5 Å². The van der Waals surface area contributed by atoms with Crippen LogP contribution < -0.4 is 15.5 Å². The maximum Gasteiger partial charge on any atom is 0.240 e. The molecule has 0 radical (unpaired) electrons. The molecule has 0 aliphatic heterocycles. The van der Waals surface area contributed by atoms with Gasteiger partial charge in [-0.25, -0.2) is 0 Å². The molecule has 1 amide bonds. The number of carbonyl (C=O) groups is 1. The Hall–Kier alpha value is -0.920. The van der Waals surface area contributed by atoms with E-state index in [1.165, 1.54) is 37.7 Å². The zero-order chi connectivity index (χ0) is 14.5. The zero-order valence-electron chi connectivity index (χ0n) is 12.5. The second-order valence-electron chi connectivity index (χ2n) is 5.71. The topological polar surface area (TPSA) is 32.3 Å². The Morgan fingerprint density at radius 3 is 2.70 bits per heavy atom. The van der Waals surface area contributed by atoms with Crippen LogP contribution >= 0.6 is 9.24 Å². The SMILES string of the molecule is Cc1ccc(N(C)C(=O)CNC2CCCCC2)cc1P. The molecule has 20 heavy (non-hydrogen) atoms. The molecule has 1 aliphatic rings. The van der Waals surface area contributed by atoms with E-state index in [1.54, 1.807) is 4.90 Å². The number of aryl methyl sites for hydroxylation is 1. The van der Waals surface area contributed by atoms with Gasteiger partial charge in [0.05, 0.1) is 6.54 Å². The fraction of sp³-hybridized carbons (Fsp3) is 0.562. The minimum Gasteiger partial charge on any atom is -0.314 e. The number of nitrogens with zero attached hydrogens (tertiary/aromatic N) is 1. The van der Waals surface area contributed by atoms with E-state index in [9.17, 15) is 4.79 Å². The van der Waals surface area contributed by atoms with Crippen molar-refractivity contribution in [3.05, 3.63) is 23.8 Å². The molecular formula is C16H25N2OP. The summed E-state index contributed by atoms with van der Waals surface area (Å²) in [6.07, 6.45) is 6.33. The summed E-state index contributed by atoms with van der Waals surface area (Å²) in [4.78, 5) is 14.0. The second-order valence-corrected chi connectivity index (χ2v) is 6.33. The molecule has 1 aromatic rings. The van der Waals surface area contributed by atoms with Crippen LogP contribution in [0.15, 0.2) is 18.2 Å². The van der Waals surface area contributed by atoms with Gasteiger partial charge in [0.1, 0.15) is 0 Å². The van der Waals surface area contributed by atoms with Crippen LogP contribution in [0.25, 0.3) is 0 Å². The third kappa shape index (κ3) is 4.04. The largest absolute Gasteiger partial charge is 0.314 e. The Balaban J connectivity index is 1.89. The smallest absolute Gasteiger partial charge is 0.240 e. The molecule has 0 heterocycles. The fourth-order valence-electron chi connectivity index (χ4n) is 2.64. The first-order chi connectivity index (χ1) is 9.58. The summed E-state index contributed by atoms with van der Waals surface area (Å²) < 4.78 is 0. The van der Waals surface area contributed by atoms with Crippen molar-refractivity contribution < 1.29 is 4.79 Å². The molecule has 1 fully saturated rings. The first-order valence-corrected chi connectivity index (χ1v) is 8.01. The molecule has 0 saturated heterocycles. The number of carbonyl (C=O) groups excluding carboxylic acids is 1. The third-order valence-corrected chi connectivity index (χ3v) is 4.79. The third-order valence-electron chi connectivity index (χ3n) is 4.17. The summed E-state index contributed by atoms with van der Waals surface area (Å²) in [6.45, 7) is 2.50. The van der Waals surface area contributed by atoms with Crippen LogP contribution in [-0.2, 0) is 4.79 Å². The van der Waals surface area contributed by atoms with Gasteiger partial charge in [0.2, 0.25) is 5.91 Å². The van der Waals surface area contributed by atoms with Gasteiger partial charge in [0.25, 0.3) is 0 Å². The Morgan fingerprint density at radius 2 is 2.05 bits per heavy atom. The summed E-state index contributed by atoms with van der Waals surface area (Å²) >= 11 is 0. The predicted octanol–water partition coefficient (Wildman–Crippen LogP) is 2.38. The van der Waals surface area contributed by atoms with Gasteiger partial charge in [-0.3, -0.25) is 4.79 Å². The van der Waals surface area contributed by atoms with Crippen molar-refractivity contribution in [1.29, 1.82) is 0 Å². The molecule has 0 spiro atoms. The maximum absolute atomic E-state index is 12.2. The standard InChI is InChI=1S/C16H25N2OP/c1-12-8-9-14(10-15(12)20)18(2)16(19)11-17-13-6-4-3-5-7-13/h8-10,13,17H,3-7,11,20H2,1-2H3. The van der Waals surface area contributed by atoms with Gasteiger partial charge in [0.15, 0.2) is 0 Å². The summed E-state index contributed by atoms with van der Waals surface area (Å²) in [5.41, 5.74) is 2.18. The van der Waals surface area contributed by atoms with Crippen molar-refractivity contribution in [2.75, 3.05) is 18.5 Å². The minimum atomic E-state index is 0.129. The van der Waals surface area contributed by atoms with Gasteiger partial charge in [-0.05, 0) is 42.8 Å². The molecule has 1 atom stereocenters. The first-order valence-electron chi connectivity index (χ1n) is 7.44. The van der Waals surface area contributed by atoms with Gasteiger partial charge in [-0.1, -0.05) is 25.3 Å². The maximum atomic E-state index is 12.2. The number of amides is 1. The molecule has 3 nitrogen and oxygen atoms in total. The van der Waals surface area contributed by atoms with E-state index in [-0.39, 0.29) is 5.91 Å². The monoisotopic (exact) mass is 292 g/mol. The Morgan fingerprint density at radius 1 is 1.35 bits per heavy atom. The molecule has 1 saturated carbocycles. The lowest BCUT2D eigenvalue weighted by Gasteiger charge is -2.24. The molecule has 0 aromatic heterocycles. The molecule has 1 unspecified atom stereocenters.